The van der Waals surface area contributed by atoms with Crippen LogP contribution >= 0.6 is 22.9 Å². The summed E-state index contributed by atoms with van der Waals surface area (Å²) in [4.78, 5) is 0. The van der Waals surface area contributed by atoms with Gasteiger partial charge in [0.05, 0.1) is 13.3 Å². The van der Waals surface area contributed by atoms with E-state index in [1.54, 1.807) is 11.3 Å². The molecule has 22 heavy (non-hydrogen) atoms. The standard InChI is InChI=1S/C14H12ClOS.ClHO4/c1-3-12-14-11(6-8(2)16-12)10-7-9(15)4-5-13(10)17-14;2-1(3,4)5/h4-7H,3H2,1-2H3;(H,2,3,4,5)/q+1;/p-1. The Labute approximate surface area is 137 Å². The lowest BCUT2D eigenvalue weighted by atomic mass is 10.1. The Morgan fingerprint density at radius 3 is 2.36 bits per heavy atom. The number of hydrogen-bond acceptors (Lipinski definition) is 5. The quantitative estimate of drug-likeness (QED) is 0.592. The fourth-order valence-electron chi connectivity index (χ4n) is 2.15. The van der Waals surface area contributed by atoms with Gasteiger partial charge in [0.15, 0.2) is 0 Å². The molecule has 1 aromatic carbocycles. The minimum atomic E-state index is -4.94. The van der Waals surface area contributed by atoms with Crippen LogP contribution in [0.5, 0.6) is 0 Å². The molecule has 2 aromatic heterocycles. The van der Waals surface area contributed by atoms with Gasteiger partial charge in [-0.05, 0) is 18.2 Å². The van der Waals surface area contributed by atoms with E-state index in [9.17, 15) is 0 Å². The van der Waals surface area contributed by atoms with Gasteiger partial charge in [-0.15, -0.1) is 21.6 Å². The molecule has 3 aromatic rings. The molecule has 5 nitrogen and oxygen atoms in total. The average Bonchev–Trinajstić information content (AvgIpc) is 2.74. The molecule has 0 spiro atoms. The zero-order valence-electron chi connectivity index (χ0n) is 11.7. The SMILES string of the molecule is CCc1[o+]c(C)cc2c1sc1ccc(Cl)cc12.[O-][Cl+3]([O-])([O-])[O-]. The Hall–Kier alpha value is -0.990. The highest BCUT2D eigenvalue weighted by Gasteiger charge is 2.19. The fraction of sp³-hybridized carbons (Fsp3) is 0.214. The smallest absolute Gasteiger partial charge is 0.222 e. The second-order valence-corrected chi connectivity index (χ2v) is 6.74. The molecule has 0 unspecified atom stereocenters. The maximum absolute atomic E-state index is 8.49. The van der Waals surface area contributed by atoms with Crippen molar-refractivity contribution in [1.82, 2.24) is 0 Å². The van der Waals surface area contributed by atoms with Gasteiger partial charge in [0.2, 0.25) is 0 Å². The Balaban J connectivity index is 0.000000309. The average molecular weight is 363 g/mol. The van der Waals surface area contributed by atoms with Crippen LogP contribution < -0.4 is 18.6 Å². The third-order valence-electron chi connectivity index (χ3n) is 2.89. The van der Waals surface area contributed by atoms with Gasteiger partial charge >= 0.3 is 11.5 Å². The normalized spacial score (nSPS) is 11.6. The molecule has 0 bridgehead atoms. The topological polar surface area (TPSA) is 104 Å². The maximum Gasteiger partial charge on any atom is 0.346 e. The molecule has 3 rings (SSSR count). The van der Waals surface area contributed by atoms with E-state index in [4.69, 9.17) is 34.7 Å². The molecule has 0 aliphatic heterocycles. The highest BCUT2D eigenvalue weighted by atomic mass is 35.7. The molecule has 0 aliphatic rings. The van der Waals surface area contributed by atoms with Gasteiger partial charge in [-0.3, -0.25) is 0 Å². The van der Waals surface area contributed by atoms with Crippen LogP contribution in [-0.4, -0.2) is 0 Å². The fourth-order valence-corrected chi connectivity index (χ4v) is 3.53. The Kier molecular flexibility index (Phi) is 5.24. The van der Waals surface area contributed by atoms with Crippen LogP contribution in [0, 0.1) is 17.2 Å². The van der Waals surface area contributed by atoms with Crippen molar-refractivity contribution in [3.8, 4) is 0 Å². The lowest BCUT2D eigenvalue weighted by molar-refractivity contribution is -2.00. The van der Waals surface area contributed by atoms with Gasteiger partial charge < -0.3 is 0 Å². The molecule has 0 amide bonds. The first-order valence-electron chi connectivity index (χ1n) is 6.25. The number of hydrogen-bond donors (Lipinski definition) is 0. The summed E-state index contributed by atoms with van der Waals surface area (Å²) in [7, 11) is -4.94. The molecule has 0 fully saturated rings. The Bertz CT molecular complexity index is 804. The monoisotopic (exact) mass is 362 g/mol. The molecule has 2 heterocycles. The van der Waals surface area contributed by atoms with Crippen molar-refractivity contribution in [2.75, 3.05) is 0 Å². The third-order valence-corrected chi connectivity index (χ3v) is 4.36. The van der Waals surface area contributed by atoms with Crippen molar-refractivity contribution in [2.24, 2.45) is 0 Å². The summed E-state index contributed by atoms with van der Waals surface area (Å²) in [6.07, 6.45) is 0.915. The predicted octanol–water partition coefficient (Wildman–Crippen LogP) is 0.697. The van der Waals surface area contributed by atoms with E-state index in [1.165, 1.54) is 20.2 Å². The maximum atomic E-state index is 8.49. The minimum absolute atomic E-state index is 0.786. The summed E-state index contributed by atoms with van der Waals surface area (Å²) in [5.41, 5.74) is 0. The lowest BCUT2D eigenvalue weighted by Crippen LogP contribution is -2.68. The first kappa shape index (κ1) is 17.4. The Morgan fingerprint density at radius 2 is 1.77 bits per heavy atom. The molecule has 0 N–H and O–H groups in total. The van der Waals surface area contributed by atoms with E-state index < -0.39 is 10.2 Å². The highest BCUT2D eigenvalue weighted by molar-refractivity contribution is 7.26. The summed E-state index contributed by atoms with van der Waals surface area (Å²) in [5.74, 6) is 2.02. The van der Waals surface area contributed by atoms with E-state index in [-0.39, 0.29) is 0 Å². The molecule has 0 radical (unpaired) electrons. The zero-order chi connectivity index (χ0) is 16.5. The molecule has 0 saturated carbocycles. The summed E-state index contributed by atoms with van der Waals surface area (Å²) in [6, 6.07) is 8.16. The predicted molar refractivity (Wildman–Crippen MR) is 75.1 cm³/mol. The van der Waals surface area contributed by atoms with E-state index in [0.29, 0.717) is 0 Å². The van der Waals surface area contributed by atoms with E-state index in [1.807, 2.05) is 19.1 Å². The molecule has 0 saturated heterocycles. The summed E-state index contributed by atoms with van der Waals surface area (Å²) in [5, 5.41) is 3.27. The minimum Gasteiger partial charge on any atom is -0.222 e. The van der Waals surface area contributed by atoms with Crippen LogP contribution in [0.1, 0.15) is 18.4 Å². The molecule has 0 aliphatic carbocycles. The van der Waals surface area contributed by atoms with E-state index >= 15 is 0 Å². The molecular weight excluding hydrogens is 351 g/mol. The van der Waals surface area contributed by atoms with E-state index in [0.717, 1.165) is 23.0 Å². The highest BCUT2D eigenvalue weighted by Crippen LogP contribution is 2.37. The summed E-state index contributed by atoms with van der Waals surface area (Å²) in [6.45, 7) is 4.11. The van der Waals surface area contributed by atoms with Crippen LogP contribution in [0.4, 0.5) is 0 Å². The lowest BCUT2D eigenvalue weighted by Gasteiger charge is -2.17. The molecule has 8 heteroatoms. The second kappa shape index (κ2) is 6.64. The van der Waals surface area contributed by atoms with Gasteiger partial charge in [0, 0.05) is 26.6 Å². The van der Waals surface area contributed by atoms with Crippen molar-refractivity contribution in [2.45, 2.75) is 20.3 Å². The van der Waals surface area contributed by atoms with Gasteiger partial charge in [0.1, 0.15) is 4.70 Å². The number of benzene rings is 1. The number of halogens is 2. The second-order valence-electron chi connectivity index (χ2n) is 4.50. The molecular formula is C14H12Cl2O5S. The Morgan fingerprint density at radius 1 is 1.14 bits per heavy atom. The third kappa shape index (κ3) is 4.27. The zero-order valence-corrected chi connectivity index (χ0v) is 14.1. The van der Waals surface area contributed by atoms with Crippen molar-refractivity contribution in [3.05, 3.63) is 40.8 Å². The number of aryl methyl sites for hydroxylation is 2. The van der Waals surface area contributed by atoms with Crippen LogP contribution in [0.25, 0.3) is 20.2 Å². The molecule has 0 atom stereocenters. The van der Waals surface area contributed by atoms with Gasteiger partial charge in [-0.1, -0.05) is 18.5 Å². The first-order chi connectivity index (χ1) is 10.2. The van der Waals surface area contributed by atoms with Crippen molar-refractivity contribution < 1.29 is 33.3 Å². The number of fused-ring (bicyclic) bond motifs is 3. The number of rotatable bonds is 1. The van der Waals surface area contributed by atoms with Crippen LogP contribution in [-0.2, 0) is 6.42 Å². The van der Waals surface area contributed by atoms with Crippen molar-refractivity contribution >= 4 is 43.1 Å². The molecule has 118 valence electrons. The van der Waals surface area contributed by atoms with Gasteiger partial charge in [-0.2, -0.15) is 0 Å². The largest absolute Gasteiger partial charge is 0.346 e. The van der Waals surface area contributed by atoms with E-state index in [2.05, 4.69) is 19.1 Å². The number of thiophene rings is 1. The van der Waals surface area contributed by atoms with Crippen LogP contribution in [0.2, 0.25) is 5.02 Å². The summed E-state index contributed by atoms with van der Waals surface area (Å²) < 4.78 is 42.3. The van der Waals surface area contributed by atoms with Gasteiger partial charge in [-0.25, -0.2) is 23.1 Å². The van der Waals surface area contributed by atoms with Gasteiger partial charge in [0.25, 0.3) is 0 Å². The van der Waals surface area contributed by atoms with Crippen molar-refractivity contribution in [3.63, 3.8) is 0 Å². The van der Waals surface area contributed by atoms with Crippen LogP contribution in [0.3, 0.4) is 0 Å². The van der Waals surface area contributed by atoms with Crippen molar-refractivity contribution in [1.29, 1.82) is 0 Å². The first-order valence-corrected chi connectivity index (χ1v) is 8.68. The summed E-state index contributed by atoms with van der Waals surface area (Å²) >= 11 is 7.85. The van der Waals surface area contributed by atoms with Crippen LogP contribution in [0.15, 0.2) is 28.7 Å².